The third kappa shape index (κ3) is 3.70. The van der Waals surface area contributed by atoms with Gasteiger partial charge in [-0.05, 0) is 49.7 Å². The van der Waals surface area contributed by atoms with Crippen LogP contribution in [0.1, 0.15) is 24.5 Å². The number of ether oxygens (including phenoxy) is 1. The summed E-state index contributed by atoms with van der Waals surface area (Å²) in [5.41, 5.74) is 3.30. The summed E-state index contributed by atoms with van der Waals surface area (Å²) < 4.78 is 5.26. The Bertz CT molecular complexity index is 665. The van der Waals surface area contributed by atoms with E-state index in [-0.39, 0.29) is 5.56 Å². The van der Waals surface area contributed by atoms with Gasteiger partial charge < -0.3 is 10.1 Å². The van der Waals surface area contributed by atoms with Gasteiger partial charge in [0.1, 0.15) is 5.75 Å². The first-order valence-corrected chi connectivity index (χ1v) is 7.10. The predicted octanol–water partition coefficient (Wildman–Crippen LogP) is 2.25. The lowest BCUT2D eigenvalue weighted by molar-refractivity contribution is 0.412. The number of H-pyrrole nitrogens is 1. The van der Waals surface area contributed by atoms with Crippen molar-refractivity contribution in [1.29, 1.82) is 0 Å². The van der Waals surface area contributed by atoms with E-state index in [0.717, 1.165) is 35.5 Å². The molecule has 5 nitrogen and oxygen atoms in total. The lowest BCUT2D eigenvalue weighted by Crippen LogP contribution is -2.22. The van der Waals surface area contributed by atoms with Crippen molar-refractivity contribution in [2.24, 2.45) is 0 Å². The number of hydrogen-bond donors (Lipinski definition) is 2. The molecule has 0 saturated carbocycles. The molecule has 0 spiro atoms. The second-order valence-corrected chi connectivity index (χ2v) is 4.97. The number of nitrogens with one attached hydrogen (secondary N) is 2. The predicted molar refractivity (Wildman–Crippen MR) is 83.6 cm³/mol. The molecule has 0 amide bonds. The Hall–Kier alpha value is -2.14. The number of methoxy groups -OCH3 is 1. The van der Waals surface area contributed by atoms with E-state index in [1.165, 1.54) is 0 Å². The van der Waals surface area contributed by atoms with E-state index < -0.39 is 0 Å². The highest BCUT2D eigenvalue weighted by Gasteiger charge is 2.07. The van der Waals surface area contributed by atoms with Crippen molar-refractivity contribution in [1.82, 2.24) is 15.5 Å². The molecular weight excluding hydrogens is 266 g/mol. The Balaban J connectivity index is 2.29. The van der Waals surface area contributed by atoms with Gasteiger partial charge >= 0.3 is 0 Å². The number of rotatable bonds is 6. The number of aryl methyl sites for hydroxylation is 1. The van der Waals surface area contributed by atoms with E-state index in [9.17, 15) is 4.79 Å². The maximum absolute atomic E-state index is 11.8. The van der Waals surface area contributed by atoms with E-state index in [1.807, 2.05) is 31.2 Å². The number of aromatic amines is 1. The molecule has 112 valence electrons. The molecule has 2 aromatic rings. The minimum atomic E-state index is -0.146. The van der Waals surface area contributed by atoms with Crippen molar-refractivity contribution in [3.8, 4) is 17.0 Å². The van der Waals surface area contributed by atoms with E-state index >= 15 is 0 Å². The lowest BCUT2D eigenvalue weighted by atomic mass is 10.1. The Morgan fingerprint density at radius 1 is 1.33 bits per heavy atom. The number of nitrogens with zero attached hydrogens (tertiary/aromatic N) is 1. The molecular formula is C16H21N3O2. The number of benzene rings is 1. The standard InChI is InChI=1S/C16H21N3O2/c1-4-7-17-10-13-9-14(18-19-16(13)20)12-5-6-15(21-3)11(2)8-12/h5-6,8-9,17H,4,7,10H2,1-3H3,(H,19,20). The van der Waals surface area contributed by atoms with Crippen LogP contribution in [0.2, 0.25) is 0 Å². The topological polar surface area (TPSA) is 67.0 Å². The van der Waals surface area contributed by atoms with Crippen molar-refractivity contribution >= 4 is 0 Å². The third-order valence-electron chi connectivity index (χ3n) is 3.31. The average Bonchev–Trinajstić information content (AvgIpc) is 2.49. The zero-order valence-corrected chi connectivity index (χ0v) is 12.7. The van der Waals surface area contributed by atoms with Gasteiger partial charge in [-0.1, -0.05) is 6.92 Å². The Morgan fingerprint density at radius 2 is 2.14 bits per heavy atom. The van der Waals surface area contributed by atoms with Crippen molar-refractivity contribution in [2.75, 3.05) is 13.7 Å². The molecule has 0 saturated heterocycles. The zero-order valence-electron chi connectivity index (χ0n) is 12.7. The molecule has 0 aliphatic heterocycles. The van der Waals surface area contributed by atoms with Crippen LogP contribution in [-0.4, -0.2) is 23.9 Å². The largest absolute Gasteiger partial charge is 0.496 e. The summed E-state index contributed by atoms with van der Waals surface area (Å²) in [5.74, 6) is 0.841. The Labute approximate surface area is 124 Å². The van der Waals surface area contributed by atoms with Gasteiger partial charge in [-0.3, -0.25) is 4.79 Å². The fourth-order valence-corrected chi connectivity index (χ4v) is 2.16. The summed E-state index contributed by atoms with van der Waals surface area (Å²) in [7, 11) is 1.65. The molecule has 0 atom stereocenters. The van der Waals surface area contributed by atoms with Crippen LogP contribution in [0.15, 0.2) is 29.1 Å². The van der Waals surface area contributed by atoms with Crippen molar-refractivity contribution < 1.29 is 4.74 Å². The molecule has 0 bridgehead atoms. The van der Waals surface area contributed by atoms with Crippen molar-refractivity contribution in [3.05, 3.63) is 45.7 Å². The van der Waals surface area contributed by atoms with Crippen LogP contribution in [0.4, 0.5) is 0 Å². The second-order valence-electron chi connectivity index (χ2n) is 4.97. The third-order valence-corrected chi connectivity index (χ3v) is 3.31. The summed E-state index contributed by atoms with van der Waals surface area (Å²) in [4.78, 5) is 11.8. The van der Waals surface area contributed by atoms with E-state index in [1.54, 1.807) is 7.11 Å². The highest BCUT2D eigenvalue weighted by atomic mass is 16.5. The Morgan fingerprint density at radius 3 is 2.81 bits per heavy atom. The molecule has 1 heterocycles. The Kier molecular flexibility index (Phi) is 5.11. The molecule has 0 aliphatic carbocycles. The van der Waals surface area contributed by atoms with Gasteiger partial charge in [-0.25, -0.2) is 5.10 Å². The summed E-state index contributed by atoms with van der Waals surface area (Å²) in [6.07, 6.45) is 1.04. The average molecular weight is 287 g/mol. The molecule has 0 unspecified atom stereocenters. The highest BCUT2D eigenvalue weighted by Crippen LogP contribution is 2.24. The number of hydrogen-bond acceptors (Lipinski definition) is 4. The molecule has 2 rings (SSSR count). The van der Waals surface area contributed by atoms with Gasteiger partial charge in [-0.2, -0.15) is 5.10 Å². The van der Waals surface area contributed by atoms with Gasteiger partial charge in [0.2, 0.25) is 0 Å². The van der Waals surface area contributed by atoms with Crippen molar-refractivity contribution in [2.45, 2.75) is 26.8 Å². The highest BCUT2D eigenvalue weighted by molar-refractivity contribution is 5.62. The van der Waals surface area contributed by atoms with E-state index in [2.05, 4.69) is 22.4 Å². The SMILES string of the molecule is CCCNCc1cc(-c2ccc(OC)c(C)c2)n[nH]c1=O. The summed E-state index contributed by atoms with van der Waals surface area (Å²) in [5, 5.41) is 9.93. The lowest BCUT2D eigenvalue weighted by Gasteiger charge is -2.08. The summed E-state index contributed by atoms with van der Waals surface area (Å²) >= 11 is 0. The summed E-state index contributed by atoms with van der Waals surface area (Å²) in [6, 6.07) is 7.69. The molecule has 5 heteroatoms. The van der Waals surface area contributed by atoms with E-state index in [4.69, 9.17) is 4.74 Å². The summed E-state index contributed by atoms with van der Waals surface area (Å²) in [6.45, 7) is 5.51. The normalized spacial score (nSPS) is 10.6. The first kappa shape index (κ1) is 15.3. The molecule has 1 aromatic heterocycles. The first-order valence-electron chi connectivity index (χ1n) is 7.10. The molecule has 21 heavy (non-hydrogen) atoms. The molecule has 2 N–H and O–H groups in total. The fraction of sp³-hybridized carbons (Fsp3) is 0.375. The molecule has 1 aromatic carbocycles. The van der Waals surface area contributed by atoms with Crippen LogP contribution in [0.5, 0.6) is 5.75 Å². The minimum Gasteiger partial charge on any atom is -0.496 e. The van der Waals surface area contributed by atoms with Crippen LogP contribution in [0, 0.1) is 6.92 Å². The van der Waals surface area contributed by atoms with Crippen molar-refractivity contribution in [3.63, 3.8) is 0 Å². The second kappa shape index (κ2) is 7.04. The maximum Gasteiger partial charge on any atom is 0.268 e. The number of aromatic nitrogens is 2. The van der Waals surface area contributed by atoms with Gasteiger partial charge in [0, 0.05) is 17.7 Å². The first-order chi connectivity index (χ1) is 10.2. The monoisotopic (exact) mass is 287 g/mol. The van der Waals surface area contributed by atoms with Gasteiger partial charge in [0.15, 0.2) is 0 Å². The van der Waals surface area contributed by atoms with Gasteiger partial charge in [0.25, 0.3) is 5.56 Å². The zero-order chi connectivity index (χ0) is 15.2. The van der Waals surface area contributed by atoms with Gasteiger partial charge in [-0.15, -0.1) is 0 Å². The van der Waals surface area contributed by atoms with Crippen LogP contribution in [0.25, 0.3) is 11.3 Å². The molecule has 0 radical (unpaired) electrons. The van der Waals surface area contributed by atoms with Crippen LogP contribution in [-0.2, 0) is 6.54 Å². The van der Waals surface area contributed by atoms with Gasteiger partial charge in [0.05, 0.1) is 12.8 Å². The van der Waals surface area contributed by atoms with Crippen LogP contribution in [0.3, 0.4) is 0 Å². The fourth-order valence-electron chi connectivity index (χ4n) is 2.16. The van der Waals surface area contributed by atoms with Crippen LogP contribution >= 0.6 is 0 Å². The maximum atomic E-state index is 11.8. The minimum absolute atomic E-state index is 0.146. The quantitative estimate of drug-likeness (QED) is 0.800. The molecule has 0 fully saturated rings. The smallest absolute Gasteiger partial charge is 0.268 e. The van der Waals surface area contributed by atoms with Crippen LogP contribution < -0.4 is 15.6 Å². The van der Waals surface area contributed by atoms with E-state index in [0.29, 0.717) is 12.1 Å². The molecule has 0 aliphatic rings.